The fourth-order valence-electron chi connectivity index (χ4n) is 2.37. The van der Waals surface area contributed by atoms with E-state index >= 15 is 0 Å². The lowest BCUT2D eigenvalue weighted by atomic mass is 10.0. The van der Waals surface area contributed by atoms with Gasteiger partial charge in [-0.05, 0) is 31.0 Å². The number of benzene rings is 2. The van der Waals surface area contributed by atoms with E-state index in [0.717, 1.165) is 11.1 Å². The van der Waals surface area contributed by atoms with Gasteiger partial charge in [-0.15, -0.1) is 11.6 Å². The van der Waals surface area contributed by atoms with Crippen LogP contribution in [0.1, 0.15) is 40.0 Å². The number of nitrogens with zero attached hydrogens (tertiary/aromatic N) is 1. The fourth-order valence-corrected chi connectivity index (χ4v) is 2.54. The third-order valence-corrected chi connectivity index (χ3v) is 3.98. The molecule has 0 heterocycles. The number of aryl methyl sites for hydroxylation is 1. The van der Waals surface area contributed by atoms with Crippen molar-refractivity contribution in [3.8, 4) is 6.07 Å². The molecule has 0 fully saturated rings. The van der Waals surface area contributed by atoms with E-state index in [-0.39, 0.29) is 11.9 Å². The van der Waals surface area contributed by atoms with Crippen LogP contribution in [0.4, 0.5) is 0 Å². The number of amides is 1. The molecule has 3 nitrogen and oxygen atoms in total. The number of nitriles is 1. The van der Waals surface area contributed by atoms with Crippen LogP contribution in [0.25, 0.3) is 0 Å². The highest BCUT2D eigenvalue weighted by Gasteiger charge is 2.16. The molecule has 2 unspecified atom stereocenters. The molecule has 0 saturated carbocycles. The quantitative estimate of drug-likeness (QED) is 0.839. The number of carbonyl (C=O) groups excluding carboxylic acids is 1. The maximum absolute atomic E-state index is 12.5. The van der Waals surface area contributed by atoms with Crippen LogP contribution >= 0.6 is 11.6 Å². The summed E-state index contributed by atoms with van der Waals surface area (Å²) >= 11 is 5.90. The highest BCUT2D eigenvalue weighted by atomic mass is 35.5. The van der Waals surface area contributed by atoms with Crippen LogP contribution < -0.4 is 5.32 Å². The molecule has 0 aliphatic carbocycles. The smallest absolute Gasteiger partial charge is 0.252 e. The van der Waals surface area contributed by atoms with E-state index in [4.69, 9.17) is 16.9 Å². The van der Waals surface area contributed by atoms with Crippen LogP contribution in [0.5, 0.6) is 0 Å². The van der Waals surface area contributed by atoms with Crippen LogP contribution in [0.15, 0.2) is 48.5 Å². The van der Waals surface area contributed by atoms with Crippen molar-refractivity contribution in [1.82, 2.24) is 5.32 Å². The molecule has 2 aromatic carbocycles. The van der Waals surface area contributed by atoms with Gasteiger partial charge in [-0.1, -0.05) is 48.0 Å². The molecule has 4 heteroatoms. The molecule has 0 aliphatic rings. The van der Waals surface area contributed by atoms with Crippen molar-refractivity contribution < 1.29 is 4.79 Å². The Hall–Kier alpha value is -2.31. The summed E-state index contributed by atoms with van der Waals surface area (Å²) in [5.41, 5.74) is 3.57. The minimum atomic E-state index is -0.640. The SMILES string of the molecule is Cc1ccc(C(C)NC(=O)c2ccccc2CC(Cl)C#N)cc1. The maximum atomic E-state index is 12.5. The molecule has 118 valence electrons. The summed E-state index contributed by atoms with van der Waals surface area (Å²) in [6, 6.07) is 17.2. The minimum absolute atomic E-state index is 0.0982. The first-order valence-corrected chi connectivity index (χ1v) is 7.94. The summed E-state index contributed by atoms with van der Waals surface area (Å²) in [6.45, 7) is 3.98. The molecule has 1 N–H and O–H groups in total. The molecule has 0 spiro atoms. The first kappa shape index (κ1) is 17.1. The Kier molecular flexibility index (Phi) is 5.78. The number of carbonyl (C=O) groups is 1. The highest BCUT2D eigenvalue weighted by Crippen LogP contribution is 2.17. The van der Waals surface area contributed by atoms with Crippen LogP contribution in [-0.4, -0.2) is 11.3 Å². The Morgan fingerprint density at radius 1 is 1.22 bits per heavy atom. The monoisotopic (exact) mass is 326 g/mol. The molecular formula is C19H19ClN2O. The van der Waals surface area contributed by atoms with Crippen molar-refractivity contribution in [2.75, 3.05) is 0 Å². The Bertz CT molecular complexity index is 719. The fraction of sp³-hybridized carbons (Fsp3) is 0.263. The molecule has 0 saturated heterocycles. The van der Waals surface area contributed by atoms with Gasteiger partial charge in [0.05, 0.1) is 12.1 Å². The van der Waals surface area contributed by atoms with E-state index in [1.807, 2.05) is 62.4 Å². The summed E-state index contributed by atoms with van der Waals surface area (Å²) in [4.78, 5) is 12.5. The lowest BCUT2D eigenvalue weighted by Crippen LogP contribution is -2.27. The number of rotatable bonds is 5. The lowest BCUT2D eigenvalue weighted by molar-refractivity contribution is 0.0939. The molecule has 0 radical (unpaired) electrons. The van der Waals surface area contributed by atoms with E-state index in [9.17, 15) is 4.79 Å². The molecule has 0 bridgehead atoms. The zero-order valence-corrected chi connectivity index (χ0v) is 14.0. The predicted molar refractivity (Wildman–Crippen MR) is 92.5 cm³/mol. The Balaban J connectivity index is 2.14. The number of hydrogen-bond acceptors (Lipinski definition) is 2. The first-order valence-electron chi connectivity index (χ1n) is 7.50. The summed E-state index contributed by atoms with van der Waals surface area (Å²) in [5, 5.41) is 11.2. The van der Waals surface area contributed by atoms with Crippen LogP contribution in [0.3, 0.4) is 0 Å². The minimum Gasteiger partial charge on any atom is -0.346 e. The van der Waals surface area contributed by atoms with E-state index in [1.165, 1.54) is 5.56 Å². The van der Waals surface area contributed by atoms with E-state index in [1.54, 1.807) is 6.07 Å². The highest BCUT2D eigenvalue weighted by molar-refractivity contribution is 6.22. The van der Waals surface area contributed by atoms with Crippen molar-refractivity contribution in [3.05, 3.63) is 70.8 Å². The Labute approximate surface area is 141 Å². The molecule has 0 aromatic heterocycles. The predicted octanol–water partition coefficient (Wildman–Crippen LogP) is 4.16. The normalized spacial score (nSPS) is 13.0. The van der Waals surface area contributed by atoms with E-state index in [0.29, 0.717) is 12.0 Å². The van der Waals surface area contributed by atoms with Crippen molar-refractivity contribution >= 4 is 17.5 Å². The van der Waals surface area contributed by atoms with Crippen LogP contribution in [0, 0.1) is 18.3 Å². The lowest BCUT2D eigenvalue weighted by Gasteiger charge is -2.16. The number of alkyl halides is 1. The van der Waals surface area contributed by atoms with Gasteiger partial charge in [0.25, 0.3) is 5.91 Å². The molecule has 2 aromatic rings. The summed E-state index contributed by atoms with van der Waals surface area (Å²) in [5.74, 6) is -0.157. The average Bonchev–Trinajstić information content (AvgIpc) is 2.55. The molecule has 0 aliphatic heterocycles. The van der Waals surface area contributed by atoms with Crippen molar-refractivity contribution in [3.63, 3.8) is 0 Å². The number of hydrogen-bond donors (Lipinski definition) is 1. The van der Waals surface area contributed by atoms with Gasteiger partial charge in [0, 0.05) is 12.0 Å². The Morgan fingerprint density at radius 2 is 1.87 bits per heavy atom. The second kappa shape index (κ2) is 7.80. The van der Waals surface area contributed by atoms with Crippen LogP contribution in [-0.2, 0) is 6.42 Å². The maximum Gasteiger partial charge on any atom is 0.252 e. The van der Waals surface area contributed by atoms with Gasteiger partial charge >= 0.3 is 0 Å². The van der Waals surface area contributed by atoms with Crippen molar-refractivity contribution in [2.24, 2.45) is 0 Å². The molecule has 2 rings (SSSR count). The average molecular weight is 327 g/mol. The van der Waals surface area contributed by atoms with Gasteiger partial charge in [-0.2, -0.15) is 5.26 Å². The largest absolute Gasteiger partial charge is 0.346 e. The van der Waals surface area contributed by atoms with Crippen LogP contribution in [0.2, 0.25) is 0 Å². The van der Waals surface area contributed by atoms with Crippen molar-refractivity contribution in [2.45, 2.75) is 31.7 Å². The summed E-state index contributed by atoms with van der Waals surface area (Å²) in [7, 11) is 0. The van der Waals surface area contributed by atoms with Gasteiger partial charge < -0.3 is 5.32 Å². The van der Waals surface area contributed by atoms with E-state index in [2.05, 4.69) is 5.32 Å². The zero-order valence-electron chi connectivity index (χ0n) is 13.2. The first-order chi connectivity index (χ1) is 11.0. The van der Waals surface area contributed by atoms with Crippen molar-refractivity contribution in [1.29, 1.82) is 5.26 Å². The number of halogens is 1. The Morgan fingerprint density at radius 3 is 2.52 bits per heavy atom. The van der Waals surface area contributed by atoms with E-state index < -0.39 is 5.38 Å². The summed E-state index contributed by atoms with van der Waals surface area (Å²) < 4.78 is 0. The zero-order chi connectivity index (χ0) is 16.8. The molecule has 23 heavy (non-hydrogen) atoms. The standard InChI is InChI=1S/C19H19ClN2O/c1-13-7-9-15(10-8-13)14(2)22-19(23)18-6-4-3-5-16(18)11-17(20)12-21/h3-10,14,17H,11H2,1-2H3,(H,22,23). The molecule has 1 amide bonds. The third kappa shape index (κ3) is 4.58. The summed E-state index contributed by atoms with van der Waals surface area (Å²) in [6.07, 6.45) is 0.348. The number of nitrogens with one attached hydrogen (secondary N) is 1. The van der Waals surface area contributed by atoms with Gasteiger partial charge in [0.2, 0.25) is 0 Å². The topological polar surface area (TPSA) is 52.9 Å². The van der Waals surface area contributed by atoms with Gasteiger partial charge in [-0.25, -0.2) is 0 Å². The molecule has 2 atom stereocenters. The second-order valence-corrected chi connectivity index (χ2v) is 6.09. The third-order valence-electron chi connectivity index (χ3n) is 3.73. The van der Waals surface area contributed by atoms with Gasteiger partial charge in [0.15, 0.2) is 0 Å². The van der Waals surface area contributed by atoms with Gasteiger partial charge in [-0.3, -0.25) is 4.79 Å². The second-order valence-electron chi connectivity index (χ2n) is 5.56. The molecular weight excluding hydrogens is 308 g/mol. The van der Waals surface area contributed by atoms with Gasteiger partial charge in [0.1, 0.15) is 5.38 Å².